The first-order chi connectivity index (χ1) is 13.2. The topological polar surface area (TPSA) is 38.2 Å². The lowest BCUT2D eigenvalue weighted by Crippen LogP contribution is -2.35. The second-order valence-electron chi connectivity index (χ2n) is 6.99. The number of rotatable bonds is 5. The van der Waals surface area contributed by atoms with Crippen molar-refractivity contribution in [2.75, 3.05) is 19.7 Å². The minimum absolute atomic E-state index is 0.565. The van der Waals surface area contributed by atoms with Crippen LogP contribution in [0.5, 0.6) is 5.75 Å². The van der Waals surface area contributed by atoms with E-state index >= 15 is 0 Å². The number of halogens is 2. The lowest BCUT2D eigenvalue weighted by Gasteiger charge is -2.32. The average Bonchev–Trinajstić information content (AvgIpc) is 2.70. The van der Waals surface area contributed by atoms with Crippen LogP contribution in [0.3, 0.4) is 0 Å². The van der Waals surface area contributed by atoms with Gasteiger partial charge >= 0.3 is 0 Å². The number of fused-ring (bicyclic) bond motifs is 1. The van der Waals surface area contributed by atoms with Crippen molar-refractivity contribution in [3.05, 3.63) is 64.5 Å². The molecule has 0 spiro atoms. The molecule has 4 nitrogen and oxygen atoms in total. The quantitative estimate of drug-likeness (QED) is 0.586. The van der Waals surface area contributed by atoms with Crippen molar-refractivity contribution in [3.63, 3.8) is 0 Å². The van der Waals surface area contributed by atoms with Crippen LogP contribution in [0.25, 0.3) is 10.9 Å². The van der Waals surface area contributed by atoms with Crippen molar-refractivity contribution in [2.24, 2.45) is 5.92 Å². The van der Waals surface area contributed by atoms with E-state index in [1.54, 1.807) is 6.33 Å². The third-order valence-electron chi connectivity index (χ3n) is 5.08. The summed E-state index contributed by atoms with van der Waals surface area (Å²) in [5, 5.41) is 2.20. The summed E-state index contributed by atoms with van der Waals surface area (Å²) in [6, 6.07) is 11.8. The lowest BCUT2D eigenvalue weighted by molar-refractivity contribution is 0.137. The summed E-state index contributed by atoms with van der Waals surface area (Å²) >= 11 is 12.1. The molecule has 0 aliphatic carbocycles. The molecule has 3 aromatic rings. The third-order valence-corrected chi connectivity index (χ3v) is 5.82. The van der Waals surface area contributed by atoms with Gasteiger partial charge < -0.3 is 4.74 Å². The van der Waals surface area contributed by atoms with E-state index in [9.17, 15) is 0 Å². The predicted molar refractivity (Wildman–Crippen MR) is 109 cm³/mol. The van der Waals surface area contributed by atoms with Gasteiger partial charge in [0.05, 0.1) is 27.6 Å². The van der Waals surface area contributed by atoms with Gasteiger partial charge in [0, 0.05) is 12.7 Å². The SMILES string of the molecule is Clc1ccc(CN2CCC(COc3cccc4ncncc34)CC2)cc1Cl. The fourth-order valence-corrected chi connectivity index (χ4v) is 3.84. The summed E-state index contributed by atoms with van der Waals surface area (Å²) in [6.07, 6.45) is 5.64. The number of likely N-dealkylation sites (tertiary alicyclic amines) is 1. The van der Waals surface area contributed by atoms with E-state index in [1.165, 1.54) is 5.56 Å². The maximum atomic E-state index is 6.12. The number of hydrogen-bond donors (Lipinski definition) is 0. The number of aromatic nitrogens is 2. The Labute approximate surface area is 169 Å². The lowest BCUT2D eigenvalue weighted by atomic mass is 9.97. The molecule has 6 heteroatoms. The van der Waals surface area contributed by atoms with Gasteiger partial charge in [0.25, 0.3) is 0 Å². The largest absolute Gasteiger partial charge is 0.493 e. The Hall–Kier alpha value is -1.88. The zero-order chi connectivity index (χ0) is 18.6. The Morgan fingerprint density at radius 2 is 1.93 bits per heavy atom. The van der Waals surface area contributed by atoms with Crippen LogP contribution in [0.4, 0.5) is 0 Å². The van der Waals surface area contributed by atoms with Crippen molar-refractivity contribution < 1.29 is 4.74 Å². The Morgan fingerprint density at radius 3 is 2.74 bits per heavy atom. The van der Waals surface area contributed by atoms with Crippen molar-refractivity contribution in [2.45, 2.75) is 19.4 Å². The second-order valence-corrected chi connectivity index (χ2v) is 7.81. The van der Waals surface area contributed by atoms with Gasteiger partial charge in [0.2, 0.25) is 0 Å². The van der Waals surface area contributed by atoms with Gasteiger partial charge in [-0.3, -0.25) is 4.90 Å². The molecule has 2 heterocycles. The van der Waals surface area contributed by atoms with Crippen LogP contribution in [0.2, 0.25) is 10.0 Å². The monoisotopic (exact) mass is 401 g/mol. The third kappa shape index (κ3) is 4.52. The van der Waals surface area contributed by atoms with E-state index in [2.05, 4.69) is 14.9 Å². The second kappa shape index (κ2) is 8.42. The number of benzene rings is 2. The van der Waals surface area contributed by atoms with Gasteiger partial charge in [-0.2, -0.15) is 0 Å². The zero-order valence-corrected chi connectivity index (χ0v) is 16.5. The molecule has 140 valence electrons. The molecule has 0 unspecified atom stereocenters. The molecule has 0 amide bonds. The molecule has 0 bridgehead atoms. The Bertz CT molecular complexity index is 921. The first kappa shape index (κ1) is 18.5. The molecule has 0 saturated carbocycles. The van der Waals surface area contributed by atoms with E-state index in [-0.39, 0.29) is 0 Å². The molecule has 27 heavy (non-hydrogen) atoms. The molecule has 2 aromatic carbocycles. The molecule has 0 radical (unpaired) electrons. The Morgan fingerprint density at radius 1 is 1.07 bits per heavy atom. The van der Waals surface area contributed by atoms with Crippen LogP contribution < -0.4 is 4.74 Å². The molecule has 1 saturated heterocycles. The van der Waals surface area contributed by atoms with Gasteiger partial charge in [0.15, 0.2) is 0 Å². The molecule has 1 aliphatic heterocycles. The van der Waals surface area contributed by atoms with Crippen LogP contribution in [0.1, 0.15) is 18.4 Å². The van der Waals surface area contributed by atoms with Crippen LogP contribution >= 0.6 is 23.2 Å². The predicted octanol–water partition coefficient (Wildman–Crippen LogP) is 5.23. The van der Waals surface area contributed by atoms with E-state index in [4.69, 9.17) is 27.9 Å². The van der Waals surface area contributed by atoms with Crippen molar-refractivity contribution in [1.82, 2.24) is 14.9 Å². The van der Waals surface area contributed by atoms with Crippen molar-refractivity contribution >= 4 is 34.1 Å². The average molecular weight is 402 g/mol. The number of nitrogens with zero attached hydrogens (tertiary/aromatic N) is 3. The molecule has 0 atom stereocenters. The summed E-state index contributed by atoms with van der Waals surface area (Å²) in [7, 11) is 0. The Balaban J connectivity index is 1.30. The van der Waals surface area contributed by atoms with E-state index in [0.717, 1.165) is 55.7 Å². The number of hydrogen-bond acceptors (Lipinski definition) is 4. The summed E-state index contributed by atoms with van der Waals surface area (Å²) in [5.41, 5.74) is 2.12. The maximum absolute atomic E-state index is 6.12. The molecule has 1 aromatic heterocycles. The van der Waals surface area contributed by atoms with Crippen LogP contribution in [-0.2, 0) is 6.54 Å². The van der Waals surface area contributed by atoms with E-state index < -0.39 is 0 Å². The molecule has 4 rings (SSSR count). The van der Waals surface area contributed by atoms with Crippen LogP contribution in [0.15, 0.2) is 48.9 Å². The smallest absolute Gasteiger partial charge is 0.130 e. The molecular weight excluding hydrogens is 381 g/mol. The zero-order valence-electron chi connectivity index (χ0n) is 14.9. The Kier molecular flexibility index (Phi) is 5.77. The summed E-state index contributed by atoms with van der Waals surface area (Å²) < 4.78 is 6.11. The fourth-order valence-electron chi connectivity index (χ4n) is 3.52. The van der Waals surface area contributed by atoms with Gasteiger partial charge in [0.1, 0.15) is 12.1 Å². The highest BCUT2D eigenvalue weighted by molar-refractivity contribution is 6.42. The van der Waals surface area contributed by atoms with Crippen LogP contribution in [-0.4, -0.2) is 34.6 Å². The molecular formula is C21H21Cl2N3O. The van der Waals surface area contributed by atoms with Gasteiger partial charge in [-0.05, 0) is 61.7 Å². The van der Waals surface area contributed by atoms with Gasteiger partial charge in [-0.25, -0.2) is 9.97 Å². The maximum Gasteiger partial charge on any atom is 0.130 e. The summed E-state index contributed by atoms with van der Waals surface area (Å²) in [6.45, 7) is 3.76. The van der Waals surface area contributed by atoms with E-state index in [1.807, 2.05) is 42.6 Å². The standard InChI is InChI=1S/C21H21Cl2N3O/c22-18-5-4-16(10-19(18)23)12-26-8-6-15(7-9-26)13-27-21-3-1-2-20-17(21)11-24-14-25-20/h1-5,10-11,14-15H,6-9,12-13H2. The number of ether oxygens (including phenoxy) is 1. The minimum Gasteiger partial charge on any atom is -0.493 e. The first-order valence-corrected chi connectivity index (χ1v) is 9.92. The normalized spacial score (nSPS) is 15.9. The highest BCUT2D eigenvalue weighted by Crippen LogP contribution is 2.27. The number of piperidine rings is 1. The fraction of sp³-hybridized carbons (Fsp3) is 0.333. The minimum atomic E-state index is 0.565. The molecule has 1 fully saturated rings. The highest BCUT2D eigenvalue weighted by atomic mass is 35.5. The van der Waals surface area contributed by atoms with Gasteiger partial charge in [-0.1, -0.05) is 35.3 Å². The van der Waals surface area contributed by atoms with Crippen molar-refractivity contribution in [1.29, 1.82) is 0 Å². The van der Waals surface area contributed by atoms with Crippen LogP contribution in [0, 0.1) is 5.92 Å². The molecule has 0 N–H and O–H groups in total. The highest BCUT2D eigenvalue weighted by Gasteiger charge is 2.20. The van der Waals surface area contributed by atoms with Crippen molar-refractivity contribution in [3.8, 4) is 5.75 Å². The van der Waals surface area contributed by atoms with E-state index in [0.29, 0.717) is 16.0 Å². The summed E-state index contributed by atoms with van der Waals surface area (Å²) in [5.74, 6) is 1.43. The molecule has 1 aliphatic rings. The summed E-state index contributed by atoms with van der Waals surface area (Å²) in [4.78, 5) is 10.9. The van der Waals surface area contributed by atoms with Gasteiger partial charge in [-0.15, -0.1) is 0 Å². The first-order valence-electron chi connectivity index (χ1n) is 9.17.